The smallest absolute Gasteiger partial charge is 0.0572 e. The highest BCUT2D eigenvalue weighted by Gasteiger charge is 2.03. The maximum atomic E-state index is 5.93. The van der Waals surface area contributed by atoms with Crippen LogP contribution in [0.3, 0.4) is 0 Å². The van der Waals surface area contributed by atoms with Gasteiger partial charge in [-0.15, -0.1) is 0 Å². The number of hydrogen-bond donors (Lipinski definition) is 1. The van der Waals surface area contributed by atoms with Crippen molar-refractivity contribution in [1.82, 2.24) is 0 Å². The molecule has 0 saturated carbocycles. The normalized spacial score (nSPS) is 13.2. The zero-order valence-corrected chi connectivity index (χ0v) is 18.0. The summed E-state index contributed by atoms with van der Waals surface area (Å²) >= 11 is 4.22. The van der Waals surface area contributed by atoms with Gasteiger partial charge < -0.3 is 4.74 Å². The van der Waals surface area contributed by atoms with Crippen molar-refractivity contribution in [2.45, 2.75) is 110 Å². The van der Waals surface area contributed by atoms with Crippen LogP contribution in [0.1, 0.15) is 104 Å². The molecule has 0 spiro atoms. The van der Waals surface area contributed by atoms with E-state index in [4.69, 9.17) is 4.74 Å². The Hall–Kier alpha value is -0.210. The van der Waals surface area contributed by atoms with Crippen molar-refractivity contribution < 1.29 is 4.74 Å². The molecule has 0 bridgehead atoms. The van der Waals surface area contributed by atoms with Crippen molar-refractivity contribution in [2.24, 2.45) is 0 Å². The molecule has 2 heteroatoms. The summed E-state index contributed by atoms with van der Waals surface area (Å²) in [6, 6.07) is 0. The fourth-order valence-electron chi connectivity index (χ4n) is 2.93. The van der Waals surface area contributed by atoms with Crippen LogP contribution in [0, 0.1) is 0 Å². The van der Waals surface area contributed by atoms with Gasteiger partial charge in [0.05, 0.1) is 6.10 Å². The van der Waals surface area contributed by atoms with Gasteiger partial charge in [0, 0.05) is 6.61 Å². The van der Waals surface area contributed by atoms with Crippen LogP contribution in [0.25, 0.3) is 0 Å². The molecule has 0 fully saturated rings. The van der Waals surface area contributed by atoms with Gasteiger partial charge in [0.2, 0.25) is 0 Å². The molecule has 0 amide bonds. The molecule has 1 nitrogen and oxygen atoms in total. The minimum absolute atomic E-state index is 0.500. The Balaban J connectivity index is 3.24. The lowest BCUT2D eigenvalue weighted by Crippen LogP contribution is -2.12. The predicted octanol–water partition coefficient (Wildman–Crippen LogP) is 7.92. The van der Waals surface area contributed by atoms with Crippen LogP contribution in [0.15, 0.2) is 24.3 Å². The van der Waals surface area contributed by atoms with Crippen molar-refractivity contribution in [3.05, 3.63) is 24.3 Å². The molecule has 0 heterocycles. The molecule has 0 radical (unpaired) electrons. The van der Waals surface area contributed by atoms with E-state index in [9.17, 15) is 0 Å². The maximum absolute atomic E-state index is 5.93. The SMILES string of the molecule is CCCC(CC)OCCCCCCCC/C=C\C/C=C\CCCCS. The molecule has 0 aromatic heterocycles. The third-order valence-corrected chi connectivity index (χ3v) is 4.89. The van der Waals surface area contributed by atoms with Gasteiger partial charge in [-0.05, 0) is 63.5 Å². The van der Waals surface area contributed by atoms with Crippen LogP contribution in [-0.4, -0.2) is 18.5 Å². The lowest BCUT2D eigenvalue weighted by molar-refractivity contribution is 0.0419. The molecule has 1 unspecified atom stereocenters. The van der Waals surface area contributed by atoms with E-state index in [2.05, 4.69) is 50.8 Å². The van der Waals surface area contributed by atoms with Crippen molar-refractivity contribution in [1.29, 1.82) is 0 Å². The monoisotopic (exact) mass is 368 g/mol. The predicted molar refractivity (Wildman–Crippen MR) is 118 cm³/mol. The van der Waals surface area contributed by atoms with Crippen LogP contribution in [0.4, 0.5) is 0 Å². The van der Waals surface area contributed by atoms with Gasteiger partial charge in [-0.2, -0.15) is 12.6 Å². The topological polar surface area (TPSA) is 9.23 Å². The molecular formula is C23H44OS. The van der Waals surface area contributed by atoms with E-state index < -0.39 is 0 Å². The largest absolute Gasteiger partial charge is 0.378 e. The fourth-order valence-corrected chi connectivity index (χ4v) is 3.15. The van der Waals surface area contributed by atoms with E-state index in [1.165, 1.54) is 77.0 Å². The van der Waals surface area contributed by atoms with Gasteiger partial charge in [-0.3, -0.25) is 0 Å². The molecule has 148 valence electrons. The van der Waals surface area contributed by atoms with Crippen molar-refractivity contribution in [2.75, 3.05) is 12.4 Å². The molecule has 0 aliphatic heterocycles. The highest BCUT2D eigenvalue weighted by atomic mass is 32.1. The number of thiol groups is 1. The summed E-state index contributed by atoms with van der Waals surface area (Å²) in [5.74, 6) is 1.01. The quantitative estimate of drug-likeness (QED) is 0.138. The van der Waals surface area contributed by atoms with Crippen LogP contribution >= 0.6 is 12.6 Å². The number of unbranched alkanes of at least 4 members (excludes halogenated alkanes) is 8. The molecule has 0 aromatic rings. The number of ether oxygens (including phenoxy) is 1. The lowest BCUT2D eigenvalue weighted by atomic mass is 10.1. The van der Waals surface area contributed by atoms with E-state index in [0.29, 0.717) is 6.10 Å². The summed E-state index contributed by atoms with van der Waals surface area (Å²) in [6.07, 6.45) is 27.5. The van der Waals surface area contributed by atoms with Crippen molar-refractivity contribution >= 4 is 12.6 Å². The Morgan fingerprint density at radius 2 is 1.36 bits per heavy atom. The molecule has 0 aliphatic rings. The second kappa shape index (κ2) is 21.8. The van der Waals surface area contributed by atoms with Gasteiger partial charge in [0.15, 0.2) is 0 Å². The zero-order valence-electron chi connectivity index (χ0n) is 17.1. The number of rotatable bonds is 19. The van der Waals surface area contributed by atoms with Gasteiger partial charge in [0.1, 0.15) is 0 Å². The van der Waals surface area contributed by atoms with Crippen LogP contribution < -0.4 is 0 Å². The second-order valence-electron chi connectivity index (χ2n) is 7.00. The van der Waals surface area contributed by atoms with E-state index >= 15 is 0 Å². The average Bonchev–Trinajstić information content (AvgIpc) is 2.63. The fraction of sp³-hybridized carbons (Fsp3) is 0.826. The summed E-state index contributed by atoms with van der Waals surface area (Å²) in [5, 5.41) is 0. The summed E-state index contributed by atoms with van der Waals surface area (Å²) in [6.45, 7) is 5.43. The first-order valence-electron chi connectivity index (χ1n) is 10.9. The van der Waals surface area contributed by atoms with E-state index in [1.54, 1.807) is 0 Å². The van der Waals surface area contributed by atoms with E-state index in [0.717, 1.165) is 25.2 Å². The third kappa shape index (κ3) is 20.0. The molecule has 0 aliphatic carbocycles. The highest BCUT2D eigenvalue weighted by Crippen LogP contribution is 2.10. The Labute approximate surface area is 164 Å². The lowest BCUT2D eigenvalue weighted by Gasteiger charge is -2.14. The molecule has 0 aromatic carbocycles. The molecule has 0 rings (SSSR count). The Bertz CT molecular complexity index is 298. The molecule has 0 N–H and O–H groups in total. The highest BCUT2D eigenvalue weighted by molar-refractivity contribution is 7.80. The summed E-state index contributed by atoms with van der Waals surface area (Å²) in [7, 11) is 0. The van der Waals surface area contributed by atoms with E-state index in [1.807, 2.05) is 0 Å². The van der Waals surface area contributed by atoms with Gasteiger partial charge in [0.25, 0.3) is 0 Å². The molecule has 0 saturated heterocycles. The number of hydrogen-bond acceptors (Lipinski definition) is 2. The Morgan fingerprint density at radius 3 is 1.96 bits per heavy atom. The van der Waals surface area contributed by atoms with Gasteiger partial charge >= 0.3 is 0 Å². The molecule has 1 atom stereocenters. The zero-order chi connectivity index (χ0) is 18.4. The number of allylic oxidation sites excluding steroid dienone is 4. The van der Waals surface area contributed by atoms with Crippen molar-refractivity contribution in [3.8, 4) is 0 Å². The van der Waals surface area contributed by atoms with Crippen LogP contribution in [0.2, 0.25) is 0 Å². The minimum atomic E-state index is 0.500. The average molecular weight is 369 g/mol. The first-order chi connectivity index (χ1) is 12.3. The molecule has 25 heavy (non-hydrogen) atoms. The van der Waals surface area contributed by atoms with E-state index in [-0.39, 0.29) is 0 Å². The Morgan fingerprint density at radius 1 is 0.760 bits per heavy atom. The third-order valence-electron chi connectivity index (χ3n) is 4.57. The second-order valence-corrected chi connectivity index (χ2v) is 7.44. The minimum Gasteiger partial charge on any atom is -0.378 e. The van der Waals surface area contributed by atoms with Crippen LogP contribution in [0.5, 0.6) is 0 Å². The Kier molecular flexibility index (Phi) is 21.6. The first kappa shape index (κ1) is 24.8. The summed E-state index contributed by atoms with van der Waals surface area (Å²) < 4.78 is 5.93. The van der Waals surface area contributed by atoms with Crippen molar-refractivity contribution in [3.63, 3.8) is 0 Å². The maximum Gasteiger partial charge on any atom is 0.0572 e. The first-order valence-corrected chi connectivity index (χ1v) is 11.5. The standard InChI is InChI=1S/C23H44OS/c1-3-20-23(4-2)24-21-18-16-14-12-10-8-6-5-7-9-11-13-15-17-19-22-25/h5,7,11,13,23,25H,3-4,6,8-10,12,14-22H2,1-2H3/b7-5-,13-11-. The van der Waals surface area contributed by atoms with Gasteiger partial charge in [-0.1, -0.05) is 70.3 Å². The summed E-state index contributed by atoms with van der Waals surface area (Å²) in [4.78, 5) is 0. The van der Waals surface area contributed by atoms with Gasteiger partial charge in [-0.25, -0.2) is 0 Å². The van der Waals surface area contributed by atoms with Crippen LogP contribution in [-0.2, 0) is 4.74 Å². The molecular weight excluding hydrogens is 324 g/mol. The summed E-state index contributed by atoms with van der Waals surface area (Å²) in [5.41, 5.74) is 0.